The fourth-order valence-corrected chi connectivity index (χ4v) is 2.72. The molecule has 0 atom stereocenters. The number of carbonyl (C=O) groups is 1. The van der Waals surface area contributed by atoms with E-state index in [4.69, 9.17) is 4.74 Å². The Morgan fingerprint density at radius 1 is 1.39 bits per heavy atom. The minimum Gasteiger partial charge on any atom is -0.375 e. The Morgan fingerprint density at radius 3 is 2.67 bits per heavy atom. The second-order valence-electron chi connectivity index (χ2n) is 4.75. The normalized spacial score (nSPS) is 17.7. The van der Waals surface area contributed by atoms with Gasteiger partial charge in [-0.1, -0.05) is 31.0 Å². The van der Waals surface area contributed by atoms with Gasteiger partial charge in [-0.15, -0.1) is 0 Å². The maximum atomic E-state index is 13.9. The quantitative estimate of drug-likeness (QED) is 0.892. The van der Waals surface area contributed by atoms with Gasteiger partial charge in [-0.2, -0.15) is 0 Å². The summed E-state index contributed by atoms with van der Waals surface area (Å²) in [5.41, 5.74) is 0.0352. The smallest absolute Gasteiger partial charge is 0.246 e. The van der Waals surface area contributed by atoms with Crippen LogP contribution in [0.15, 0.2) is 24.3 Å². The Balaban J connectivity index is 2.27. The maximum Gasteiger partial charge on any atom is 0.246 e. The van der Waals surface area contributed by atoms with Crippen LogP contribution in [0.5, 0.6) is 0 Å². The van der Waals surface area contributed by atoms with Gasteiger partial charge < -0.3 is 10.1 Å². The zero-order chi connectivity index (χ0) is 13.0. The lowest BCUT2D eigenvalue weighted by molar-refractivity contribution is -0.126. The summed E-state index contributed by atoms with van der Waals surface area (Å²) in [6.45, 7) is 0.0101. The van der Waals surface area contributed by atoms with E-state index in [9.17, 15) is 9.18 Å². The van der Waals surface area contributed by atoms with Gasteiger partial charge in [-0.25, -0.2) is 4.39 Å². The minimum absolute atomic E-state index is 0.0101. The summed E-state index contributed by atoms with van der Waals surface area (Å²) in [7, 11) is 1.48. The lowest BCUT2D eigenvalue weighted by Gasteiger charge is -2.31. The van der Waals surface area contributed by atoms with Crippen LogP contribution >= 0.6 is 0 Å². The lowest BCUT2D eigenvalue weighted by atomic mass is 9.87. The molecular formula is C14H18FNO2. The molecular weight excluding hydrogens is 233 g/mol. The first-order valence-electron chi connectivity index (χ1n) is 6.23. The average molecular weight is 251 g/mol. The number of ether oxygens (including phenoxy) is 1. The molecule has 0 unspecified atom stereocenters. The topological polar surface area (TPSA) is 38.3 Å². The summed E-state index contributed by atoms with van der Waals surface area (Å²) in [6.07, 6.45) is 3.57. The van der Waals surface area contributed by atoms with Gasteiger partial charge in [0.1, 0.15) is 12.4 Å². The van der Waals surface area contributed by atoms with E-state index in [2.05, 4.69) is 5.32 Å². The van der Waals surface area contributed by atoms with Gasteiger partial charge in [0.15, 0.2) is 0 Å². The summed E-state index contributed by atoms with van der Waals surface area (Å²) < 4.78 is 18.8. The van der Waals surface area contributed by atoms with Crippen LogP contribution in [0, 0.1) is 5.82 Å². The summed E-state index contributed by atoms with van der Waals surface area (Å²) in [5, 5.41) is 2.95. The van der Waals surface area contributed by atoms with Crippen molar-refractivity contribution in [2.45, 2.75) is 31.2 Å². The molecule has 0 bridgehead atoms. The van der Waals surface area contributed by atoms with Crippen LogP contribution in [-0.4, -0.2) is 19.6 Å². The Morgan fingerprint density at radius 2 is 2.06 bits per heavy atom. The van der Waals surface area contributed by atoms with Crippen LogP contribution in [0.1, 0.15) is 31.2 Å². The number of amides is 1. The SMILES string of the molecule is COCC(=O)NC1(c2ccccc2F)CCCC1. The molecule has 4 heteroatoms. The van der Waals surface area contributed by atoms with Crippen molar-refractivity contribution in [3.05, 3.63) is 35.6 Å². The van der Waals surface area contributed by atoms with Gasteiger partial charge in [0, 0.05) is 12.7 Å². The van der Waals surface area contributed by atoms with Gasteiger partial charge in [-0.05, 0) is 18.9 Å². The molecule has 0 heterocycles. The van der Waals surface area contributed by atoms with Crippen molar-refractivity contribution < 1.29 is 13.9 Å². The van der Waals surface area contributed by atoms with E-state index >= 15 is 0 Å². The zero-order valence-electron chi connectivity index (χ0n) is 10.5. The van der Waals surface area contributed by atoms with E-state index < -0.39 is 5.54 Å². The van der Waals surface area contributed by atoms with E-state index in [-0.39, 0.29) is 18.3 Å². The molecule has 1 aromatic carbocycles. The highest BCUT2D eigenvalue weighted by Crippen LogP contribution is 2.39. The first kappa shape index (κ1) is 13.0. The third kappa shape index (κ3) is 2.53. The van der Waals surface area contributed by atoms with Crippen molar-refractivity contribution in [3.63, 3.8) is 0 Å². The first-order valence-corrected chi connectivity index (χ1v) is 6.23. The molecule has 1 aromatic rings. The maximum absolute atomic E-state index is 13.9. The second kappa shape index (κ2) is 5.48. The third-order valence-electron chi connectivity index (χ3n) is 3.50. The predicted octanol–water partition coefficient (Wildman–Crippen LogP) is 2.36. The number of methoxy groups -OCH3 is 1. The lowest BCUT2D eigenvalue weighted by Crippen LogP contribution is -2.45. The van der Waals surface area contributed by atoms with E-state index in [1.807, 2.05) is 0 Å². The van der Waals surface area contributed by atoms with Crippen molar-refractivity contribution in [1.29, 1.82) is 0 Å². The average Bonchev–Trinajstić information content (AvgIpc) is 2.79. The summed E-state index contributed by atoms with van der Waals surface area (Å²) in [6, 6.07) is 6.67. The standard InChI is InChI=1S/C14H18FNO2/c1-18-10-13(17)16-14(8-4-5-9-14)11-6-2-3-7-12(11)15/h2-3,6-7H,4-5,8-10H2,1H3,(H,16,17). The fraction of sp³-hybridized carbons (Fsp3) is 0.500. The molecule has 1 aliphatic carbocycles. The molecule has 1 saturated carbocycles. The molecule has 3 nitrogen and oxygen atoms in total. The molecule has 0 aromatic heterocycles. The number of nitrogens with one attached hydrogen (secondary N) is 1. The summed E-state index contributed by atoms with van der Waals surface area (Å²) in [5.74, 6) is -0.445. The van der Waals surface area contributed by atoms with Crippen molar-refractivity contribution in [3.8, 4) is 0 Å². The molecule has 1 N–H and O–H groups in total. The molecule has 18 heavy (non-hydrogen) atoms. The molecule has 0 spiro atoms. The Kier molecular flexibility index (Phi) is 3.97. The van der Waals surface area contributed by atoms with Crippen molar-refractivity contribution in [2.24, 2.45) is 0 Å². The van der Waals surface area contributed by atoms with E-state index in [0.29, 0.717) is 5.56 Å². The largest absolute Gasteiger partial charge is 0.375 e. The monoisotopic (exact) mass is 251 g/mol. The van der Waals surface area contributed by atoms with Crippen LogP contribution in [0.2, 0.25) is 0 Å². The van der Waals surface area contributed by atoms with Crippen LogP contribution in [-0.2, 0) is 15.1 Å². The van der Waals surface area contributed by atoms with Gasteiger partial charge in [0.2, 0.25) is 5.91 Å². The van der Waals surface area contributed by atoms with Crippen molar-refractivity contribution >= 4 is 5.91 Å². The van der Waals surface area contributed by atoms with Crippen LogP contribution in [0.4, 0.5) is 4.39 Å². The highest BCUT2D eigenvalue weighted by molar-refractivity contribution is 5.78. The molecule has 0 aliphatic heterocycles. The van der Waals surface area contributed by atoms with Gasteiger partial charge >= 0.3 is 0 Å². The Labute approximate surface area is 106 Å². The molecule has 98 valence electrons. The second-order valence-corrected chi connectivity index (χ2v) is 4.75. The van der Waals surface area contributed by atoms with Crippen molar-refractivity contribution in [1.82, 2.24) is 5.32 Å². The van der Waals surface area contributed by atoms with Crippen LogP contribution < -0.4 is 5.32 Å². The highest BCUT2D eigenvalue weighted by atomic mass is 19.1. The third-order valence-corrected chi connectivity index (χ3v) is 3.50. The molecule has 1 amide bonds. The summed E-state index contributed by atoms with van der Waals surface area (Å²) >= 11 is 0. The number of halogens is 1. The Bertz CT molecular complexity index is 428. The molecule has 1 aliphatic rings. The number of hydrogen-bond acceptors (Lipinski definition) is 2. The van der Waals surface area contributed by atoms with Crippen molar-refractivity contribution in [2.75, 3.05) is 13.7 Å². The molecule has 1 fully saturated rings. The number of rotatable bonds is 4. The molecule has 0 radical (unpaired) electrons. The van der Waals surface area contributed by atoms with Gasteiger partial charge in [-0.3, -0.25) is 4.79 Å². The predicted molar refractivity (Wildman–Crippen MR) is 66.6 cm³/mol. The van der Waals surface area contributed by atoms with Crippen LogP contribution in [0.3, 0.4) is 0 Å². The molecule has 2 rings (SSSR count). The Hall–Kier alpha value is -1.42. The van der Waals surface area contributed by atoms with Crippen LogP contribution in [0.25, 0.3) is 0 Å². The van der Waals surface area contributed by atoms with Gasteiger partial charge in [0.25, 0.3) is 0 Å². The number of hydrogen-bond donors (Lipinski definition) is 1. The fourth-order valence-electron chi connectivity index (χ4n) is 2.72. The zero-order valence-corrected chi connectivity index (χ0v) is 10.5. The van der Waals surface area contributed by atoms with E-state index in [0.717, 1.165) is 25.7 Å². The minimum atomic E-state index is -0.555. The number of carbonyl (C=O) groups excluding carboxylic acids is 1. The van der Waals surface area contributed by atoms with E-state index in [1.54, 1.807) is 18.2 Å². The highest BCUT2D eigenvalue weighted by Gasteiger charge is 2.38. The van der Waals surface area contributed by atoms with E-state index in [1.165, 1.54) is 13.2 Å². The first-order chi connectivity index (χ1) is 8.68. The van der Waals surface area contributed by atoms with Gasteiger partial charge in [0.05, 0.1) is 5.54 Å². The molecule has 0 saturated heterocycles. The summed E-state index contributed by atoms with van der Waals surface area (Å²) in [4.78, 5) is 11.7. The number of benzene rings is 1.